The summed E-state index contributed by atoms with van der Waals surface area (Å²) < 4.78 is 12.4. The molecule has 2 aromatic carbocycles. The molecule has 0 fully saturated rings. The maximum atomic E-state index is 13.7. The summed E-state index contributed by atoms with van der Waals surface area (Å²) in [5.74, 6) is -1.52. The van der Waals surface area contributed by atoms with Crippen molar-refractivity contribution in [3.05, 3.63) is 93.9 Å². The summed E-state index contributed by atoms with van der Waals surface area (Å²) in [6, 6.07) is 18.7. The molecule has 0 spiro atoms. The first-order valence-corrected chi connectivity index (χ1v) is 12.8. The predicted octanol–water partition coefficient (Wildman–Crippen LogP) is 3.34. The van der Waals surface area contributed by atoms with Crippen molar-refractivity contribution >= 4 is 11.9 Å². The highest BCUT2D eigenvalue weighted by Gasteiger charge is 2.41. The number of carbonyl (C=O) groups is 2. The molecule has 0 radical (unpaired) electrons. The van der Waals surface area contributed by atoms with Crippen molar-refractivity contribution in [2.45, 2.75) is 51.7 Å². The summed E-state index contributed by atoms with van der Waals surface area (Å²) in [7, 11) is 0. The van der Waals surface area contributed by atoms with Crippen LogP contribution in [0, 0.1) is 5.92 Å². The summed E-state index contributed by atoms with van der Waals surface area (Å²) >= 11 is 0. The number of nitrogens with two attached hydrogens (primary N) is 1. The first-order chi connectivity index (χ1) is 18.2. The number of rotatable bonds is 9. The van der Waals surface area contributed by atoms with Crippen molar-refractivity contribution in [3.63, 3.8) is 0 Å². The van der Waals surface area contributed by atoms with Gasteiger partial charge in [0.25, 0.3) is 5.91 Å². The van der Waals surface area contributed by atoms with E-state index in [-0.39, 0.29) is 41.3 Å². The van der Waals surface area contributed by atoms with Crippen molar-refractivity contribution in [3.8, 4) is 5.75 Å². The van der Waals surface area contributed by atoms with Gasteiger partial charge < -0.3 is 20.1 Å². The van der Waals surface area contributed by atoms with E-state index in [4.69, 9.17) is 15.2 Å². The molecule has 38 heavy (non-hydrogen) atoms. The molecule has 9 heteroatoms. The van der Waals surface area contributed by atoms with Crippen molar-refractivity contribution in [2.24, 2.45) is 11.7 Å². The van der Waals surface area contributed by atoms with Crippen molar-refractivity contribution in [1.82, 2.24) is 14.7 Å². The smallest absolute Gasteiger partial charge is 0.326 e. The number of ether oxygens (including phenoxy) is 2. The molecule has 1 aliphatic heterocycles. The van der Waals surface area contributed by atoms with Gasteiger partial charge >= 0.3 is 5.97 Å². The van der Waals surface area contributed by atoms with Gasteiger partial charge in [-0.05, 0) is 30.9 Å². The molecule has 0 saturated carbocycles. The molecule has 1 aromatic heterocycles. The molecular weight excluding hydrogens is 484 g/mol. The Labute approximate surface area is 222 Å². The lowest BCUT2D eigenvalue weighted by Crippen LogP contribution is -2.50. The van der Waals surface area contributed by atoms with E-state index >= 15 is 0 Å². The van der Waals surface area contributed by atoms with E-state index < -0.39 is 24.2 Å². The van der Waals surface area contributed by atoms with E-state index in [1.54, 1.807) is 23.4 Å². The lowest BCUT2D eigenvalue weighted by atomic mass is 9.83. The molecule has 0 saturated heterocycles. The number of hydrogen-bond acceptors (Lipinski definition) is 7. The highest BCUT2D eigenvalue weighted by molar-refractivity contribution is 5.96. The van der Waals surface area contributed by atoms with E-state index in [1.807, 2.05) is 74.5 Å². The number of esters is 1. The van der Waals surface area contributed by atoms with Crippen LogP contribution in [0.1, 0.15) is 61.3 Å². The van der Waals surface area contributed by atoms with Gasteiger partial charge in [-0.2, -0.15) is 5.10 Å². The van der Waals surface area contributed by atoms with E-state index in [0.717, 1.165) is 17.3 Å². The first kappa shape index (κ1) is 27.1. The lowest BCUT2D eigenvalue weighted by Gasteiger charge is -2.41. The average Bonchev–Trinajstić information content (AvgIpc) is 2.91. The molecule has 200 valence electrons. The van der Waals surface area contributed by atoms with Crippen LogP contribution in [0.15, 0.2) is 71.7 Å². The standard InChI is InChI=1S/C29H34N4O5/c1-18(2)25(30)29(36)38-17-37-27-23(34)15-31-33-22(16-32(19(3)4)28(35)26(27)33)24(20-11-7-5-8-12-20)21-13-9-6-10-14-21/h5-15,18-19,22,24-25H,16-17,30H2,1-4H3/t22-,25?/m0/s1. The third-order valence-electron chi connectivity index (χ3n) is 6.85. The number of carbonyl (C=O) groups excluding carboxylic acids is 2. The fourth-order valence-corrected chi connectivity index (χ4v) is 4.70. The largest absolute Gasteiger partial charge is 0.451 e. The van der Waals surface area contributed by atoms with Crippen LogP contribution in [-0.2, 0) is 9.53 Å². The van der Waals surface area contributed by atoms with Gasteiger partial charge in [0, 0.05) is 18.5 Å². The van der Waals surface area contributed by atoms with Gasteiger partial charge in [0.2, 0.25) is 18.0 Å². The predicted molar refractivity (Wildman–Crippen MR) is 143 cm³/mol. The van der Waals surface area contributed by atoms with Gasteiger partial charge in [0.05, 0.1) is 12.2 Å². The number of aromatic nitrogens is 2. The Balaban J connectivity index is 1.79. The quantitative estimate of drug-likeness (QED) is 0.341. The summed E-state index contributed by atoms with van der Waals surface area (Å²) in [5.41, 5.74) is 7.40. The van der Waals surface area contributed by atoms with Crippen LogP contribution in [0.5, 0.6) is 5.75 Å². The number of hydrogen-bond donors (Lipinski definition) is 1. The second-order valence-electron chi connectivity index (χ2n) is 10.0. The summed E-state index contributed by atoms with van der Waals surface area (Å²) in [4.78, 5) is 40.5. The minimum atomic E-state index is -0.828. The fraction of sp³-hybridized carbons (Fsp3) is 0.379. The molecule has 2 heterocycles. The third-order valence-corrected chi connectivity index (χ3v) is 6.85. The topological polar surface area (TPSA) is 117 Å². The van der Waals surface area contributed by atoms with Crippen LogP contribution in [0.3, 0.4) is 0 Å². The van der Waals surface area contributed by atoms with Gasteiger partial charge in [0.1, 0.15) is 6.04 Å². The van der Waals surface area contributed by atoms with Crippen LogP contribution < -0.4 is 15.9 Å². The highest BCUT2D eigenvalue weighted by atomic mass is 16.7. The van der Waals surface area contributed by atoms with E-state index in [0.29, 0.717) is 6.54 Å². The lowest BCUT2D eigenvalue weighted by molar-refractivity contribution is -0.152. The Morgan fingerprint density at radius 1 is 1.00 bits per heavy atom. The fourth-order valence-electron chi connectivity index (χ4n) is 4.70. The molecule has 0 bridgehead atoms. The minimum Gasteiger partial charge on any atom is -0.451 e. The van der Waals surface area contributed by atoms with Crippen LogP contribution >= 0.6 is 0 Å². The zero-order chi connectivity index (χ0) is 27.4. The van der Waals surface area contributed by atoms with Gasteiger partial charge in [-0.3, -0.25) is 19.1 Å². The highest BCUT2D eigenvalue weighted by Crippen LogP contribution is 2.39. The Morgan fingerprint density at radius 2 is 1.58 bits per heavy atom. The zero-order valence-corrected chi connectivity index (χ0v) is 22.1. The molecule has 1 aliphatic rings. The molecule has 0 aliphatic carbocycles. The van der Waals surface area contributed by atoms with Gasteiger partial charge in [0.15, 0.2) is 5.69 Å². The molecule has 9 nitrogen and oxygen atoms in total. The van der Waals surface area contributed by atoms with Crippen LogP contribution in [0.4, 0.5) is 0 Å². The normalized spacial score (nSPS) is 16.1. The number of fused-ring (bicyclic) bond motifs is 1. The zero-order valence-electron chi connectivity index (χ0n) is 22.1. The second kappa shape index (κ2) is 11.6. The van der Waals surface area contributed by atoms with Crippen LogP contribution in [0.25, 0.3) is 0 Å². The van der Waals surface area contributed by atoms with Gasteiger partial charge in [-0.25, -0.2) is 0 Å². The summed E-state index contributed by atoms with van der Waals surface area (Å²) in [6.45, 7) is 7.28. The molecule has 4 rings (SSSR count). The first-order valence-electron chi connectivity index (χ1n) is 12.8. The maximum absolute atomic E-state index is 13.7. The van der Waals surface area contributed by atoms with E-state index in [2.05, 4.69) is 5.10 Å². The van der Waals surface area contributed by atoms with Gasteiger partial charge in [-0.15, -0.1) is 0 Å². The Kier molecular flexibility index (Phi) is 8.26. The van der Waals surface area contributed by atoms with Crippen LogP contribution in [-0.4, -0.2) is 52.0 Å². The number of amides is 1. The summed E-state index contributed by atoms with van der Waals surface area (Å²) in [5, 5.41) is 4.42. The molecule has 1 amide bonds. The monoisotopic (exact) mass is 518 g/mol. The van der Waals surface area contributed by atoms with Crippen molar-refractivity contribution in [1.29, 1.82) is 0 Å². The average molecular weight is 519 g/mol. The summed E-state index contributed by atoms with van der Waals surface area (Å²) in [6.07, 6.45) is 1.14. The molecule has 1 unspecified atom stereocenters. The van der Waals surface area contributed by atoms with Crippen molar-refractivity contribution in [2.75, 3.05) is 13.3 Å². The minimum absolute atomic E-state index is 0.0310. The Hall–Kier alpha value is -3.98. The SMILES string of the molecule is CC(C)C(N)C(=O)OCOc1c2n(ncc1=O)[C@H](C(c1ccccc1)c1ccccc1)CN(C(C)C)C2=O. The van der Waals surface area contributed by atoms with Crippen molar-refractivity contribution < 1.29 is 19.1 Å². The molecule has 3 aromatic rings. The van der Waals surface area contributed by atoms with E-state index in [9.17, 15) is 14.4 Å². The Bertz CT molecular complexity index is 1280. The van der Waals surface area contributed by atoms with Gasteiger partial charge in [-0.1, -0.05) is 74.5 Å². The number of nitrogens with zero attached hydrogens (tertiary/aromatic N) is 3. The maximum Gasteiger partial charge on any atom is 0.326 e. The molecular formula is C29H34N4O5. The van der Waals surface area contributed by atoms with E-state index in [1.165, 1.54) is 0 Å². The molecule has 2 atom stereocenters. The number of benzene rings is 2. The van der Waals surface area contributed by atoms with Crippen LogP contribution in [0.2, 0.25) is 0 Å². The Morgan fingerprint density at radius 3 is 2.11 bits per heavy atom. The molecule has 2 N–H and O–H groups in total. The third kappa shape index (κ3) is 5.47. The second-order valence-corrected chi connectivity index (χ2v) is 10.0.